The highest BCUT2D eigenvalue weighted by Gasteiger charge is 2.44. The smallest absolute Gasteiger partial charge is 0.249 e. The molecule has 11 heteroatoms. The van der Waals surface area contributed by atoms with Crippen LogP contribution in [-0.2, 0) is 14.3 Å². The van der Waals surface area contributed by atoms with Gasteiger partial charge in [0.2, 0.25) is 5.91 Å². The SMILES string of the molecule is CCCCCCCC/C=C/CCCC(O)C(O)C(COC1OC(CO)C(O)C(O)C1O)NC(=O)C(O)CCCCCCCCCCCCCCCCCCCCCCCCCCCCCCC. The van der Waals surface area contributed by atoms with Gasteiger partial charge in [0.25, 0.3) is 0 Å². The number of hydrogen-bond acceptors (Lipinski definition) is 10. The molecule has 0 aromatic rings. The first-order valence-corrected chi connectivity index (χ1v) is 28.6. The number of aliphatic hydroxyl groups excluding tert-OH is 7. The van der Waals surface area contributed by atoms with Gasteiger partial charge < -0.3 is 50.5 Å². The summed E-state index contributed by atoms with van der Waals surface area (Å²) in [6.45, 7) is 3.43. The maximum absolute atomic E-state index is 13.1. The van der Waals surface area contributed by atoms with Crippen LogP contribution in [0.1, 0.15) is 271 Å². The second kappa shape index (κ2) is 46.0. The average molecular weight is 956 g/mol. The summed E-state index contributed by atoms with van der Waals surface area (Å²) in [6.07, 6.45) is 41.6. The highest BCUT2D eigenvalue weighted by molar-refractivity contribution is 5.80. The molecule has 0 aromatic heterocycles. The lowest BCUT2D eigenvalue weighted by Gasteiger charge is -2.40. The fourth-order valence-electron chi connectivity index (χ4n) is 9.39. The Balaban J connectivity index is 2.20. The zero-order valence-corrected chi connectivity index (χ0v) is 43.4. The molecule has 0 aromatic carbocycles. The summed E-state index contributed by atoms with van der Waals surface area (Å²) in [5, 5.41) is 75.8. The fraction of sp³-hybridized carbons (Fsp3) is 0.946. The molecule has 1 saturated heterocycles. The van der Waals surface area contributed by atoms with Crippen molar-refractivity contribution in [3.05, 3.63) is 12.2 Å². The Kier molecular flexibility index (Phi) is 43.8. The van der Waals surface area contributed by atoms with Gasteiger partial charge in [-0.15, -0.1) is 0 Å². The van der Waals surface area contributed by atoms with Gasteiger partial charge in [-0.1, -0.05) is 244 Å². The topological polar surface area (TPSA) is 189 Å². The summed E-state index contributed by atoms with van der Waals surface area (Å²) in [7, 11) is 0. The van der Waals surface area contributed by atoms with Crippen molar-refractivity contribution in [3.63, 3.8) is 0 Å². The summed E-state index contributed by atoms with van der Waals surface area (Å²) in [4.78, 5) is 13.1. The minimum atomic E-state index is -1.66. The molecule has 9 atom stereocenters. The number of ether oxygens (including phenoxy) is 2. The molecule has 1 rings (SSSR count). The lowest BCUT2D eigenvalue weighted by Crippen LogP contribution is -2.60. The molecule has 1 amide bonds. The standard InChI is InChI=1S/C56H109NO10/c1-3-5-7-9-11-13-15-16-17-18-19-20-21-22-23-24-25-26-27-28-29-30-31-32-34-36-38-40-42-44-49(60)55(65)57-47(46-66-56-54(64)53(63)52(62)50(45-58)67-56)51(61)48(59)43-41-39-37-35-33-14-12-10-8-6-4-2/h35,37,47-54,56,58-64H,3-34,36,38-46H2,1-2H3,(H,57,65)/b37-35+. The molecule has 398 valence electrons. The van der Waals surface area contributed by atoms with Crippen LogP contribution in [0.2, 0.25) is 0 Å². The molecule has 1 aliphatic rings. The van der Waals surface area contributed by atoms with Crippen LogP contribution in [-0.4, -0.2) is 110 Å². The van der Waals surface area contributed by atoms with Gasteiger partial charge in [0.1, 0.15) is 36.6 Å². The summed E-state index contributed by atoms with van der Waals surface area (Å²) in [6, 6.07) is -1.18. The van der Waals surface area contributed by atoms with E-state index in [1.807, 2.05) is 0 Å². The van der Waals surface area contributed by atoms with Gasteiger partial charge in [0.05, 0.1) is 25.4 Å². The maximum atomic E-state index is 13.1. The molecule has 1 aliphatic heterocycles. The summed E-state index contributed by atoms with van der Waals surface area (Å²) < 4.78 is 11.1. The van der Waals surface area contributed by atoms with E-state index in [9.17, 15) is 40.5 Å². The van der Waals surface area contributed by atoms with Crippen LogP contribution in [0.25, 0.3) is 0 Å². The van der Waals surface area contributed by atoms with Crippen LogP contribution < -0.4 is 5.32 Å². The minimum absolute atomic E-state index is 0.259. The van der Waals surface area contributed by atoms with E-state index in [1.165, 1.54) is 193 Å². The van der Waals surface area contributed by atoms with Crippen LogP contribution in [0.4, 0.5) is 0 Å². The Morgan fingerprint density at radius 3 is 1.28 bits per heavy atom. The number of carbonyl (C=O) groups excluding carboxylic acids is 1. The number of carbonyl (C=O) groups is 1. The number of amides is 1. The molecule has 0 bridgehead atoms. The quantitative estimate of drug-likeness (QED) is 0.0215. The Labute approximate surface area is 411 Å². The molecular weight excluding hydrogens is 847 g/mol. The molecule has 0 aliphatic carbocycles. The molecule has 9 unspecified atom stereocenters. The van der Waals surface area contributed by atoms with E-state index in [0.717, 1.165) is 38.5 Å². The molecule has 1 fully saturated rings. The van der Waals surface area contributed by atoms with Crippen molar-refractivity contribution in [3.8, 4) is 0 Å². The molecule has 0 spiro atoms. The normalized spacial score (nSPS) is 20.6. The van der Waals surface area contributed by atoms with Crippen LogP contribution >= 0.6 is 0 Å². The molecule has 0 saturated carbocycles. The first kappa shape index (κ1) is 63.9. The zero-order chi connectivity index (χ0) is 49.0. The van der Waals surface area contributed by atoms with Crippen molar-refractivity contribution in [2.75, 3.05) is 13.2 Å². The second-order valence-corrected chi connectivity index (χ2v) is 20.4. The number of allylic oxidation sites excluding steroid dienone is 2. The van der Waals surface area contributed by atoms with E-state index < -0.39 is 74.2 Å². The van der Waals surface area contributed by atoms with Crippen LogP contribution in [0.15, 0.2) is 12.2 Å². The van der Waals surface area contributed by atoms with Crippen LogP contribution in [0, 0.1) is 0 Å². The van der Waals surface area contributed by atoms with E-state index in [1.54, 1.807) is 0 Å². The van der Waals surface area contributed by atoms with Crippen molar-refractivity contribution >= 4 is 5.91 Å². The largest absolute Gasteiger partial charge is 0.394 e. The third kappa shape index (κ3) is 34.8. The van der Waals surface area contributed by atoms with Gasteiger partial charge in [-0.05, 0) is 38.5 Å². The lowest BCUT2D eigenvalue weighted by atomic mass is 9.98. The number of hydrogen-bond donors (Lipinski definition) is 8. The Bertz CT molecular complexity index is 1100. The highest BCUT2D eigenvalue weighted by Crippen LogP contribution is 2.23. The van der Waals surface area contributed by atoms with Gasteiger partial charge in [-0.2, -0.15) is 0 Å². The Morgan fingerprint density at radius 1 is 0.507 bits per heavy atom. The number of unbranched alkanes of at least 4 members (excludes halogenated alkanes) is 35. The van der Waals surface area contributed by atoms with Crippen LogP contribution in [0.3, 0.4) is 0 Å². The van der Waals surface area contributed by atoms with Crippen molar-refractivity contribution < 1.29 is 50.0 Å². The number of aliphatic hydroxyl groups is 7. The lowest BCUT2D eigenvalue weighted by molar-refractivity contribution is -0.303. The molecule has 8 N–H and O–H groups in total. The summed E-state index contributed by atoms with van der Waals surface area (Å²) >= 11 is 0. The molecular formula is C56H109NO10. The molecule has 11 nitrogen and oxygen atoms in total. The Morgan fingerprint density at radius 2 is 0.881 bits per heavy atom. The summed E-state index contributed by atoms with van der Waals surface area (Å²) in [5.41, 5.74) is 0. The van der Waals surface area contributed by atoms with Gasteiger partial charge in [-0.25, -0.2) is 0 Å². The predicted octanol–water partition coefficient (Wildman–Crippen LogP) is 11.6. The van der Waals surface area contributed by atoms with Crippen molar-refractivity contribution in [2.24, 2.45) is 0 Å². The third-order valence-electron chi connectivity index (χ3n) is 14.1. The van der Waals surface area contributed by atoms with Gasteiger partial charge in [0, 0.05) is 0 Å². The highest BCUT2D eigenvalue weighted by atomic mass is 16.7. The van der Waals surface area contributed by atoms with Gasteiger partial charge >= 0.3 is 0 Å². The minimum Gasteiger partial charge on any atom is -0.394 e. The van der Waals surface area contributed by atoms with Gasteiger partial charge in [0.15, 0.2) is 6.29 Å². The van der Waals surface area contributed by atoms with E-state index >= 15 is 0 Å². The van der Waals surface area contributed by atoms with Gasteiger partial charge in [-0.3, -0.25) is 4.79 Å². The van der Waals surface area contributed by atoms with E-state index in [2.05, 4.69) is 31.3 Å². The first-order valence-electron chi connectivity index (χ1n) is 28.6. The second-order valence-electron chi connectivity index (χ2n) is 20.4. The van der Waals surface area contributed by atoms with Crippen molar-refractivity contribution in [1.29, 1.82) is 0 Å². The third-order valence-corrected chi connectivity index (χ3v) is 14.1. The molecule has 67 heavy (non-hydrogen) atoms. The van der Waals surface area contributed by atoms with Crippen LogP contribution in [0.5, 0.6) is 0 Å². The monoisotopic (exact) mass is 956 g/mol. The summed E-state index contributed by atoms with van der Waals surface area (Å²) in [5.74, 6) is -0.702. The molecule has 0 radical (unpaired) electrons. The van der Waals surface area contributed by atoms with E-state index in [4.69, 9.17) is 9.47 Å². The fourth-order valence-corrected chi connectivity index (χ4v) is 9.39. The van der Waals surface area contributed by atoms with E-state index in [0.29, 0.717) is 12.8 Å². The maximum Gasteiger partial charge on any atom is 0.249 e. The number of nitrogens with one attached hydrogen (secondary N) is 1. The first-order chi connectivity index (χ1) is 32.7. The predicted molar refractivity (Wildman–Crippen MR) is 275 cm³/mol. The van der Waals surface area contributed by atoms with Crippen molar-refractivity contribution in [1.82, 2.24) is 5.32 Å². The zero-order valence-electron chi connectivity index (χ0n) is 43.4. The van der Waals surface area contributed by atoms with Crippen molar-refractivity contribution in [2.45, 2.75) is 326 Å². The Hall–Kier alpha value is -1.15. The van der Waals surface area contributed by atoms with E-state index in [-0.39, 0.29) is 12.8 Å². The average Bonchev–Trinajstić information content (AvgIpc) is 3.33. The number of rotatable bonds is 49. The molecule has 1 heterocycles.